The topological polar surface area (TPSA) is 65.4 Å². The van der Waals surface area contributed by atoms with E-state index in [1.54, 1.807) is 24.3 Å². The van der Waals surface area contributed by atoms with Crippen molar-refractivity contribution in [2.45, 2.75) is 19.5 Å². The van der Waals surface area contributed by atoms with Gasteiger partial charge in [-0.2, -0.15) is 18.3 Å². The van der Waals surface area contributed by atoms with E-state index in [2.05, 4.69) is 10.4 Å². The fourth-order valence-electron chi connectivity index (χ4n) is 3.39. The lowest BCUT2D eigenvalue weighted by molar-refractivity contribution is -0.143. The van der Waals surface area contributed by atoms with Crippen molar-refractivity contribution in [3.8, 4) is 17.2 Å². The molecule has 0 fully saturated rings. The fourth-order valence-corrected chi connectivity index (χ4v) is 3.68. The molecule has 0 aliphatic carbocycles. The van der Waals surface area contributed by atoms with Crippen LogP contribution in [0.15, 0.2) is 42.6 Å². The zero-order valence-corrected chi connectivity index (χ0v) is 17.8. The minimum Gasteiger partial charge on any atom is -0.486 e. The Morgan fingerprint density at radius 1 is 1.19 bits per heavy atom. The number of nitrogens with zero attached hydrogens (tertiary/aromatic N) is 2. The molecule has 1 aliphatic heterocycles. The molecule has 0 unspecified atom stereocenters. The van der Waals surface area contributed by atoms with Crippen molar-refractivity contribution in [1.29, 1.82) is 0 Å². The summed E-state index contributed by atoms with van der Waals surface area (Å²) in [4.78, 5) is 12.6. The van der Waals surface area contributed by atoms with Crippen LogP contribution in [0.25, 0.3) is 5.69 Å². The Balaban J connectivity index is 1.50. The van der Waals surface area contributed by atoms with Gasteiger partial charge in [0.25, 0.3) is 5.91 Å². The first kappa shape index (κ1) is 22.0. The molecule has 1 aliphatic rings. The number of hydrogen-bond acceptors (Lipinski definition) is 4. The maximum Gasteiger partial charge on any atom is 0.434 e. The highest BCUT2D eigenvalue weighted by atomic mass is 35.5. The predicted octanol–water partition coefficient (Wildman–Crippen LogP) is 4.60. The molecule has 0 atom stereocenters. The fraction of sp³-hybridized carbons (Fsp3) is 0.273. The van der Waals surface area contributed by atoms with Crippen molar-refractivity contribution in [2.24, 2.45) is 0 Å². The van der Waals surface area contributed by atoms with Gasteiger partial charge in [0.05, 0.1) is 22.5 Å². The van der Waals surface area contributed by atoms with E-state index < -0.39 is 23.3 Å². The Hall–Kier alpha value is -3.20. The van der Waals surface area contributed by atoms with Crippen molar-refractivity contribution < 1.29 is 27.4 Å². The lowest BCUT2D eigenvalue weighted by Gasteiger charge is -2.20. The Bertz CT molecular complexity index is 1140. The summed E-state index contributed by atoms with van der Waals surface area (Å²) in [5.41, 5.74) is 0.199. The number of carbonyl (C=O) groups is 1. The predicted molar refractivity (Wildman–Crippen MR) is 112 cm³/mol. The first-order chi connectivity index (χ1) is 15.2. The lowest BCUT2D eigenvalue weighted by atomic mass is 10.1. The summed E-state index contributed by atoms with van der Waals surface area (Å²) in [6.07, 6.45) is -3.49. The molecule has 32 heavy (non-hydrogen) atoms. The molecule has 0 saturated heterocycles. The van der Waals surface area contributed by atoms with Gasteiger partial charge in [0.1, 0.15) is 13.2 Å². The summed E-state index contributed by atoms with van der Waals surface area (Å²) in [5, 5.41) is 6.72. The first-order valence-electron chi connectivity index (χ1n) is 9.82. The number of benzene rings is 2. The molecule has 2 heterocycles. The van der Waals surface area contributed by atoms with Gasteiger partial charge in [0, 0.05) is 6.54 Å². The number of aryl methyl sites for hydroxylation is 1. The van der Waals surface area contributed by atoms with E-state index in [9.17, 15) is 18.0 Å². The van der Waals surface area contributed by atoms with Crippen LogP contribution in [0, 0.1) is 6.92 Å². The molecule has 3 aromatic rings. The third kappa shape index (κ3) is 4.52. The van der Waals surface area contributed by atoms with Crippen molar-refractivity contribution in [3.05, 3.63) is 70.0 Å². The third-order valence-electron chi connectivity index (χ3n) is 4.92. The van der Waals surface area contributed by atoms with Crippen LogP contribution in [0.5, 0.6) is 11.5 Å². The van der Waals surface area contributed by atoms with Crippen molar-refractivity contribution in [2.75, 3.05) is 19.8 Å². The van der Waals surface area contributed by atoms with E-state index in [0.717, 1.165) is 22.0 Å². The number of alkyl halides is 3. The van der Waals surface area contributed by atoms with Crippen LogP contribution in [0.3, 0.4) is 0 Å². The molecule has 1 aromatic heterocycles. The second-order valence-corrected chi connectivity index (χ2v) is 7.67. The van der Waals surface area contributed by atoms with E-state index in [1.165, 1.54) is 12.1 Å². The number of aromatic nitrogens is 2. The Morgan fingerprint density at radius 2 is 1.91 bits per heavy atom. The van der Waals surface area contributed by atoms with Crippen molar-refractivity contribution in [3.63, 3.8) is 0 Å². The van der Waals surface area contributed by atoms with Gasteiger partial charge in [0.15, 0.2) is 17.2 Å². The molecule has 1 amide bonds. The molecule has 0 radical (unpaired) electrons. The summed E-state index contributed by atoms with van der Waals surface area (Å²) in [6, 6.07) is 9.81. The monoisotopic (exact) mass is 465 g/mol. The number of ether oxygens (including phenoxy) is 2. The van der Waals surface area contributed by atoms with E-state index in [1.807, 2.05) is 6.92 Å². The summed E-state index contributed by atoms with van der Waals surface area (Å²) in [7, 11) is 0. The number of amides is 1. The van der Waals surface area contributed by atoms with E-state index in [-0.39, 0.29) is 12.2 Å². The van der Waals surface area contributed by atoms with Crippen molar-refractivity contribution in [1.82, 2.24) is 15.1 Å². The van der Waals surface area contributed by atoms with Crippen LogP contribution in [0.1, 0.15) is 27.2 Å². The second kappa shape index (κ2) is 8.74. The summed E-state index contributed by atoms with van der Waals surface area (Å²) in [5.74, 6) is 0.104. The van der Waals surface area contributed by atoms with Crippen molar-refractivity contribution >= 4 is 17.5 Å². The second-order valence-electron chi connectivity index (χ2n) is 7.26. The number of halogens is 4. The number of nitrogens with one attached hydrogen (secondary N) is 1. The normalized spacial score (nSPS) is 13.2. The molecule has 6 nitrogen and oxygen atoms in total. The molecule has 4 rings (SSSR count). The van der Waals surface area contributed by atoms with Gasteiger partial charge in [-0.15, -0.1) is 0 Å². The number of fused-ring (bicyclic) bond motifs is 1. The average Bonchev–Trinajstić information content (AvgIpc) is 3.20. The van der Waals surface area contributed by atoms with Gasteiger partial charge in [0.2, 0.25) is 0 Å². The summed E-state index contributed by atoms with van der Waals surface area (Å²) in [6.45, 7) is 2.72. The first-order valence-corrected chi connectivity index (χ1v) is 10.2. The molecule has 0 bridgehead atoms. The van der Waals surface area contributed by atoms with Crippen LogP contribution < -0.4 is 14.8 Å². The Kier molecular flexibility index (Phi) is 6.01. The number of hydrogen-bond donors (Lipinski definition) is 1. The van der Waals surface area contributed by atoms with Crippen LogP contribution in [-0.2, 0) is 12.6 Å². The van der Waals surface area contributed by atoms with Gasteiger partial charge >= 0.3 is 6.18 Å². The van der Waals surface area contributed by atoms with Gasteiger partial charge in [-0.1, -0.05) is 29.3 Å². The molecular weight excluding hydrogens is 447 g/mol. The molecular formula is C22H19ClF3N3O3. The quantitative estimate of drug-likeness (QED) is 0.598. The third-order valence-corrected chi connectivity index (χ3v) is 5.20. The number of carbonyl (C=O) groups excluding carboxylic acids is 1. The lowest BCUT2D eigenvalue weighted by Crippen LogP contribution is -2.28. The minimum atomic E-state index is -4.77. The smallest absolute Gasteiger partial charge is 0.434 e. The summed E-state index contributed by atoms with van der Waals surface area (Å²) < 4.78 is 53.0. The molecule has 168 valence electrons. The van der Waals surface area contributed by atoms with Crippen LogP contribution >= 0.6 is 11.6 Å². The molecule has 0 saturated carbocycles. The molecule has 1 N–H and O–H groups in total. The largest absolute Gasteiger partial charge is 0.486 e. The van der Waals surface area contributed by atoms with E-state index >= 15 is 0 Å². The molecule has 0 spiro atoms. The zero-order chi connectivity index (χ0) is 22.9. The van der Waals surface area contributed by atoms with E-state index in [0.29, 0.717) is 36.2 Å². The Morgan fingerprint density at radius 3 is 2.62 bits per heavy atom. The minimum absolute atomic E-state index is 0.0990. The maximum atomic E-state index is 13.8. The van der Waals surface area contributed by atoms with Crippen LogP contribution in [0.2, 0.25) is 5.02 Å². The Labute approximate surface area is 186 Å². The van der Waals surface area contributed by atoms with Gasteiger partial charge in [-0.25, -0.2) is 4.68 Å². The maximum absolute atomic E-state index is 13.8. The zero-order valence-electron chi connectivity index (χ0n) is 17.0. The van der Waals surface area contributed by atoms with E-state index in [4.69, 9.17) is 21.1 Å². The highest BCUT2D eigenvalue weighted by molar-refractivity contribution is 6.32. The van der Waals surface area contributed by atoms with Crippen LogP contribution in [0.4, 0.5) is 13.2 Å². The standard InChI is InChI=1S/C22H19ClF3N3O3/c1-13-2-4-15(5-3-13)29-20(22(24,25)26)16(12-28-29)21(30)27-7-6-14-10-17(23)19-18(11-14)31-8-9-32-19/h2-5,10-12H,6-9H2,1H3,(H,27,30). The summed E-state index contributed by atoms with van der Waals surface area (Å²) >= 11 is 6.20. The molecule has 2 aromatic carbocycles. The highest BCUT2D eigenvalue weighted by Gasteiger charge is 2.40. The average molecular weight is 466 g/mol. The SMILES string of the molecule is Cc1ccc(-n2ncc(C(=O)NCCc3cc(Cl)c4c(c3)OCCO4)c2C(F)(F)F)cc1. The van der Waals surface area contributed by atoms with Gasteiger partial charge < -0.3 is 14.8 Å². The number of rotatable bonds is 5. The highest BCUT2D eigenvalue weighted by Crippen LogP contribution is 2.38. The van der Waals surface area contributed by atoms with Crippen LogP contribution in [-0.4, -0.2) is 35.4 Å². The van der Waals surface area contributed by atoms with Gasteiger partial charge in [-0.3, -0.25) is 4.79 Å². The van der Waals surface area contributed by atoms with Gasteiger partial charge in [-0.05, 0) is 43.2 Å². The molecule has 10 heteroatoms.